The molecule has 20 heavy (non-hydrogen) atoms. The van der Waals surface area contributed by atoms with E-state index in [1.165, 1.54) is 12.1 Å². The van der Waals surface area contributed by atoms with Gasteiger partial charge in [-0.3, -0.25) is 4.79 Å². The SMILES string of the molecule is CC(CN)C(=O)N(Cc1ccc(F)cc1F)C1CC1.Cl. The van der Waals surface area contributed by atoms with Gasteiger partial charge in [0.25, 0.3) is 0 Å². The second kappa shape index (κ2) is 6.99. The molecule has 1 aromatic rings. The van der Waals surface area contributed by atoms with Crippen LogP contribution in [-0.4, -0.2) is 23.4 Å². The lowest BCUT2D eigenvalue weighted by atomic mass is 10.1. The lowest BCUT2D eigenvalue weighted by Crippen LogP contribution is -2.39. The highest BCUT2D eigenvalue weighted by Crippen LogP contribution is 2.30. The number of halogens is 3. The molecule has 6 heteroatoms. The fraction of sp³-hybridized carbons (Fsp3) is 0.500. The maximum Gasteiger partial charge on any atom is 0.227 e. The summed E-state index contributed by atoms with van der Waals surface area (Å²) in [6.07, 6.45) is 1.87. The number of benzene rings is 1. The molecule has 0 aliphatic heterocycles. The lowest BCUT2D eigenvalue weighted by molar-refractivity contribution is -0.135. The van der Waals surface area contributed by atoms with E-state index in [0.717, 1.165) is 18.9 Å². The number of rotatable bonds is 5. The molecule has 2 rings (SSSR count). The molecule has 1 aromatic carbocycles. The molecule has 3 nitrogen and oxygen atoms in total. The standard InChI is InChI=1S/C14H18F2N2O.ClH/c1-9(7-17)14(19)18(12-4-5-12)8-10-2-3-11(15)6-13(10)16;/h2-3,6,9,12H,4-5,7-8,17H2,1H3;1H. The summed E-state index contributed by atoms with van der Waals surface area (Å²) in [5.41, 5.74) is 5.84. The summed E-state index contributed by atoms with van der Waals surface area (Å²) >= 11 is 0. The quantitative estimate of drug-likeness (QED) is 0.908. The van der Waals surface area contributed by atoms with Crippen LogP contribution in [-0.2, 0) is 11.3 Å². The summed E-state index contributed by atoms with van der Waals surface area (Å²) in [5, 5.41) is 0. The van der Waals surface area contributed by atoms with Crippen molar-refractivity contribution in [2.24, 2.45) is 11.7 Å². The van der Waals surface area contributed by atoms with Gasteiger partial charge in [0, 0.05) is 36.7 Å². The van der Waals surface area contributed by atoms with E-state index in [1.807, 2.05) is 0 Å². The van der Waals surface area contributed by atoms with Gasteiger partial charge in [-0.15, -0.1) is 12.4 Å². The zero-order valence-corrected chi connectivity index (χ0v) is 12.1. The van der Waals surface area contributed by atoms with Gasteiger partial charge in [0.15, 0.2) is 0 Å². The largest absolute Gasteiger partial charge is 0.335 e. The Hall–Kier alpha value is -1.20. The van der Waals surface area contributed by atoms with Crippen LogP contribution in [0.25, 0.3) is 0 Å². The Morgan fingerprint density at radius 2 is 2.10 bits per heavy atom. The Labute approximate surface area is 123 Å². The van der Waals surface area contributed by atoms with Crippen LogP contribution in [0, 0.1) is 17.6 Å². The third kappa shape index (κ3) is 3.90. The average Bonchev–Trinajstić information content (AvgIpc) is 3.20. The Morgan fingerprint density at radius 3 is 2.60 bits per heavy atom. The van der Waals surface area contributed by atoms with Crippen LogP contribution < -0.4 is 5.73 Å². The van der Waals surface area contributed by atoms with Crippen LogP contribution in [0.5, 0.6) is 0 Å². The van der Waals surface area contributed by atoms with Crippen molar-refractivity contribution in [2.45, 2.75) is 32.4 Å². The second-order valence-corrected chi connectivity index (χ2v) is 5.07. The van der Waals surface area contributed by atoms with E-state index >= 15 is 0 Å². The van der Waals surface area contributed by atoms with Crippen molar-refractivity contribution in [2.75, 3.05) is 6.54 Å². The first-order chi connectivity index (χ1) is 9.02. The average molecular weight is 305 g/mol. The molecule has 0 radical (unpaired) electrons. The maximum absolute atomic E-state index is 13.6. The minimum absolute atomic E-state index is 0. The topological polar surface area (TPSA) is 46.3 Å². The van der Waals surface area contributed by atoms with E-state index in [1.54, 1.807) is 11.8 Å². The summed E-state index contributed by atoms with van der Waals surface area (Å²) in [6.45, 7) is 2.21. The maximum atomic E-state index is 13.6. The number of nitrogens with two attached hydrogens (primary N) is 1. The Kier molecular flexibility index (Phi) is 5.89. The summed E-state index contributed by atoms with van der Waals surface area (Å²) in [6, 6.07) is 3.61. The minimum atomic E-state index is -0.612. The van der Waals surface area contributed by atoms with Crippen molar-refractivity contribution >= 4 is 18.3 Å². The molecular formula is C14H19ClF2N2O. The number of hydrogen-bond acceptors (Lipinski definition) is 2. The normalized spacial score (nSPS) is 15.4. The van der Waals surface area contributed by atoms with Crippen LogP contribution in [0.3, 0.4) is 0 Å². The zero-order chi connectivity index (χ0) is 14.0. The summed E-state index contributed by atoms with van der Waals surface area (Å²) in [5.74, 6) is -1.56. The lowest BCUT2D eigenvalue weighted by Gasteiger charge is -2.25. The molecule has 0 bridgehead atoms. The summed E-state index contributed by atoms with van der Waals surface area (Å²) in [4.78, 5) is 13.8. The monoisotopic (exact) mass is 304 g/mol. The van der Waals surface area contributed by atoms with Crippen molar-refractivity contribution in [3.8, 4) is 0 Å². The Morgan fingerprint density at radius 1 is 1.45 bits per heavy atom. The molecule has 0 saturated heterocycles. The molecule has 0 spiro atoms. The highest BCUT2D eigenvalue weighted by Gasteiger charge is 2.34. The molecular weight excluding hydrogens is 286 g/mol. The zero-order valence-electron chi connectivity index (χ0n) is 11.3. The van der Waals surface area contributed by atoms with Gasteiger partial charge in [-0.1, -0.05) is 13.0 Å². The van der Waals surface area contributed by atoms with E-state index < -0.39 is 11.6 Å². The van der Waals surface area contributed by atoms with Crippen molar-refractivity contribution in [1.29, 1.82) is 0 Å². The number of carbonyl (C=O) groups is 1. The smallest absolute Gasteiger partial charge is 0.227 e. The van der Waals surface area contributed by atoms with Gasteiger partial charge in [0.05, 0.1) is 0 Å². The molecule has 112 valence electrons. The van der Waals surface area contributed by atoms with Crippen LogP contribution in [0.4, 0.5) is 8.78 Å². The minimum Gasteiger partial charge on any atom is -0.335 e. The molecule has 1 saturated carbocycles. The van der Waals surface area contributed by atoms with Gasteiger partial charge in [-0.25, -0.2) is 8.78 Å². The third-order valence-electron chi connectivity index (χ3n) is 3.40. The molecule has 0 heterocycles. The van der Waals surface area contributed by atoms with E-state index in [-0.39, 0.29) is 43.4 Å². The Balaban J connectivity index is 0.00000200. The predicted octanol–water partition coefficient (Wildman–Crippen LogP) is 2.47. The van der Waals surface area contributed by atoms with Gasteiger partial charge in [-0.05, 0) is 18.9 Å². The molecule has 1 aliphatic rings. The first-order valence-electron chi connectivity index (χ1n) is 6.47. The molecule has 1 atom stereocenters. The summed E-state index contributed by atoms with van der Waals surface area (Å²) < 4.78 is 26.5. The van der Waals surface area contributed by atoms with Gasteiger partial charge in [0.1, 0.15) is 11.6 Å². The third-order valence-corrected chi connectivity index (χ3v) is 3.40. The first-order valence-corrected chi connectivity index (χ1v) is 6.47. The van der Waals surface area contributed by atoms with Gasteiger partial charge in [-0.2, -0.15) is 0 Å². The molecule has 2 N–H and O–H groups in total. The van der Waals surface area contributed by atoms with Crippen molar-refractivity contribution in [3.63, 3.8) is 0 Å². The number of nitrogens with zero attached hydrogens (tertiary/aromatic N) is 1. The molecule has 1 aliphatic carbocycles. The molecule has 1 amide bonds. The highest BCUT2D eigenvalue weighted by molar-refractivity contribution is 5.85. The molecule has 1 unspecified atom stereocenters. The van der Waals surface area contributed by atoms with Gasteiger partial charge in [0.2, 0.25) is 5.91 Å². The predicted molar refractivity (Wildman–Crippen MR) is 75.4 cm³/mol. The Bertz CT molecular complexity index is 480. The van der Waals surface area contributed by atoms with E-state index in [4.69, 9.17) is 5.73 Å². The molecule has 0 aromatic heterocycles. The van der Waals surface area contributed by atoms with Crippen molar-refractivity contribution < 1.29 is 13.6 Å². The first kappa shape index (κ1) is 16.9. The highest BCUT2D eigenvalue weighted by atomic mass is 35.5. The van der Waals surface area contributed by atoms with Gasteiger partial charge >= 0.3 is 0 Å². The summed E-state index contributed by atoms with van der Waals surface area (Å²) in [7, 11) is 0. The molecule has 1 fully saturated rings. The number of amides is 1. The number of hydrogen-bond donors (Lipinski definition) is 1. The van der Waals surface area contributed by atoms with E-state index in [0.29, 0.717) is 5.56 Å². The van der Waals surface area contributed by atoms with Crippen LogP contribution in [0.2, 0.25) is 0 Å². The van der Waals surface area contributed by atoms with Crippen LogP contribution in [0.1, 0.15) is 25.3 Å². The van der Waals surface area contributed by atoms with Gasteiger partial charge < -0.3 is 10.6 Å². The van der Waals surface area contributed by atoms with Crippen molar-refractivity contribution in [1.82, 2.24) is 4.90 Å². The fourth-order valence-corrected chi connectivity index (χ4v) is 1.99. The van der Waals surface area contributed by atoms with Crippen molar-refractivity contribution in [3.05, 3.63) is 35.4 Å². The van der Waals surface area contributed by atoms with E-state index in [2.05, 4.69) is 0 Å². The van der Waals surface area contributed by atoms with Crippen LogP contribution >= 0.6 is 12.4 Å². The fourth-order valence-electron chi connectivity index (χ4n) is 1.99. The second-order valence-electron chi connectivity index (χ2n) is 5.07. The number of carbonyl (C=O) groups excluding carboxylic acids is 1. The van der Waals surface area contributed by atoms with E-state index in [9.17, 15) is 13.6 Å². The van der Waals surface area contributed by atoms with Crippen LogP contribution in [0.15, 0.2) is 18.2 Å².